The first-order valence-electron chi connectivity index (χ1n) is 7.09. The van der Waals surface area contributed by atoms with Gasteiger partial charge in [-0.05, 0) is 12.3 Å². The molecule has 0 radical (unpaired) electrons. The molecule has 0 aliphatic carbocycles. The quantitative estimate of drug-likeness (QED) is 0.640. The lowest BCUT2D eigenvalue weighted by Crippen LogP contribution is -2.41. The summed E-state index contributed by atoms with van der Waals surface area (Å²) in [6.07, 6.45) is 5.27. The average Bonchev–Trinajstić information content (AvgIpc) is 2.45. The van der Waals surface area contributed by atoms with Crippen molar-refractivity contribution in [2.45, 2.75) is 46.2 Å². The van der Waals surface area contributed by atoms with Gasteiger partial charge in [-0.1, -0.05) is 27.2 Å². The molecule has 0 bridgehead atoms. The van der Waals surface area contributed by atoms with Crippen LogP contribution in [0.4, 0.5) is 5.95 Å². The first-order valence-corrected chi connectivity index (χ1v) is 7.09. The van der Waals surface area contributed by atoms with E-state index >= 15 is 0 Å². The molecule has 1 heterocycles. The molecule has 1 aromatic heterocycles. The van der Waals surface area contributed by atoms with Crippen molar-refractivity contribution in [2.75, 3.05) is 11.9 Å². The number of aliphatic carboxylic acids is 1. The molecule has 0 unspecified atom stereocenters. The summed E-state index contributed by atoms with van der Waals surface area (Å²) in [7, 11) is 0. The predicted molar refractivity (Wildman–Crippen MR) is 78.5 cm³/mol. The molecule has 0 fully saturated rings. The molecule has 0 aliphatic rings. The summed E-state index contributed by atoms with van der Waals surface area (Å²) in [4.78, 5) is 19.6. The van der Waals surface area contributed by atoms with Crippen molar-refractivity contribution in [1.29, 1.82) is 0 Å². The van der Waals surface area contributed by atoms with Gasteiger partial charge in [0.25, 0.3) is 0 Å². The van der Waals surface area contributed by atoms with E-state index in [0.29, 0.717) is 12.5 Å². The first kappa shape index (κ1) is 16.4. The molecule has 112 valence electrons. The van der Waals surface area contributed by atoms with Crippen molar-refractivity contribution in [2.24, 2.45) is 5.92 Å². The number of aromatic nitrogens is 2. The lowest BCUT2D eigenvalue weighted by molar-refractivity contribution is -0.140. The van der Waals surface area contributed by atoms with Gasteiger partial charge in [0.1, 0.15) is 6.04 Å². The predicted octanol–water partition coefficient (Wildman–Crippen LogP) is 1.89. The van der Waals surface area contributed by atoms with E-state index in [1.54, 1.807) is 12.4 Å². The number of carboxylic acids is 1. The third-order valence-electron chi connectivity index (χ3n) is 3.24. The third kappa shape index (κ3) is 5.13. The second kappa shape index (κ2) is 8.47. The Hall–Kier alpha value is -1.69. The number of anilines is 1. The van der Waals surface area contributed by atoms with Gasteiger partial charge in [-0.3, -0.25) is 10.1 Å². The molecular formula is C14H24N4O2. The zero-order chi connectivity index (χ0) is 15.0. The fourth-order valence-electron chi connectivity index (χ4n) is 1.77. The molecule has 0 aromatic carbocycles. The van der Waals surface area contributed by atoms with Gasteiger partial charge in [-0.2, -0.15) is 0 Å². The Morgan fingerprint density at radius 2 is 2.00 bits per heavy atom. The van der Waals surface area contributed by atoms with Crippen molar-refractivity contribution in [3.63, 3.8) is 0 Å². The highest BCUT2D eigenvalue weighted by molar-refractivity contribution is 5.73. The number of carbonyl (C=O) groups is 1. The maximum absolute atomic E-state index is 11.2. The number of nitrogens with zero attached hydrogens (tertiary/aromatic N) is 2. The van der Waals surface area contributed by atoms with Gasteiger partial charge < -0.3 is 10.4 Å². The molecule has 0 saturated heterocycles. The molecule has 6 heteroatoms. The molecule has 3 N–H and O–H groups in total. The van der Waals surface area contributed by atoms with E-state index in [4.69, 9.17) is 0 Å². The number of hydrogen-bond acceptors (Lipinski definition) is 5. The summed E-state index contributed by atoms with van der Waals surface area (Å²) in [5, 5.41) is 15.3. The van der Waals surface area contributed by atoms with Gasteiger partial charge in [0.05, 0.1) is 0 Å². The Bertz CT molecular complexity index is 408. The highest BCUT2D eigenvalue weighted by Gasteiger charge is 2.22. The highest BCUT2D eigenvalue weighted by Crippen LogP contribution is 2.09. The van der Waals surface area contributed by atoms with Gasteiger partial charge in [-0.15, -0.1) is 0 Å². The summed E-state index contributed by atoms with van der Waals surface area (Å²) >= 11 is 0. The molecule has 6 nitrogen and oxygen atoms in total. The summed E-state index contributed by atoms with van der Waals surface area (Å²) < 4.78 is 0. The van der Waals surface area contributed by atoms with Gasteiger partial charge in [0, 0.05) is 31.0 Å². The van der Waals surface area contributed by atoms with E-state index in [-0.39, 0.29) is 5.92 Å². The molecular weight excluding hydrogens is 256 g/mol. The van der Waals surface area contributed by atoms with Crippen molar-refractivity contribution in [3.8, 4) is 0 Å². The van der Waals surface area contributed by atoms with E-state index in [1.165, 1.54) is 0 Å². The Kier molecular flexibility index (Phi) is 6.93. The molecule has 2 atom stereocenters. The molecule has 0 amide bonds. The van der Waals surface area contributed by atoms with E-state index < -0.39 is 12.0 Å². The Morgan fingerprint density at radius 3 is 2.50 bits per heavy atom. The van der Waals surface area contributed by atoms with Gasteiger partial charge in [0.2, 0.25) is 5.95 Å². The largest absolute Gasteiger partial charge is 0.480 e. The van der Waals surface area contributed by atoms with Crippen LogP contribution >= 0.6 is 0 Å². The van der Waals surface area contributed by atoms with Crippen molar-refractivity contribution in [1.82, 2.24) is 15.3 Å². The minimum absolute atomic E-state index is 0.0823. The summed E-state index contributed by atoms with van der Waals surface area (Å²) in [5.41, 5.74) is 0.876. The van der Waals surface area contributed by atoms with Crippen LogP contribution in [0, 0.1) is 5.92 Å². The van der Waals surface area contributed by atoms with Crippen LogP contribution in [-0.4, -0.2) is 33.6 Å². The molecule has 20 heavy (non-hydrogen) atoms. The number of nitrogens with one attached hydrogen (secondary N) is 2. The lowest BCUT2D eigenvalue weighted by atomic mass is 9.99. The molecule has 0 spiro atoms. The minimum atomic E-state index is -0.818. The first-order chi connectivity index (χ1) is 9.58. The van der Waals surface area contributed by atoms with Crippen LogP contribution < -0.4 is 10.6 Å². The summed E-state index contributed by atoms with van der Waals surface area (Å²) in [6, 6.07) is -0.544. The SMILES string of the molecule is CCCNc1ncc(CN[C@@H](C(=O)O)[C@@H](C)CC)cn1. The Morgan fingerprint density at radius 1 is 1.35 bits per heavy atom. The summed E-state index contributed by atoms with van der Waals surface area (Å²) in [6.45, 7) is 7.29. The zero-order valence-electron chi connectivity index (χ0n) is 12.4. The van der Waals surface area contributed by atoms with Crippen LogP contribution in [-0.2, 0) is 11.3 Å². The molecule has 1 aromatic rings. The fourth-order valence-corrected chi connectivity index (χ4v) is 1.77. The van der Waals surface area contributed by atoms with E-state index in [1.807, 2.05) is 13.8 Å². The number of rotatable bonds is 9. The van der Waals surface area contributed by atoms with Crippen LogP contribution in [0.3, 0.4) is 0 Å². The van der Waals surface area contributed by atoms with Crippen molar-refractivity contribution < 1.29 is 9.90 Å². The molecule has 1 rings (SSSR count). The van der Waals surface area contributed by atoms with E-state index in [9.17, 15) is 9.90 Å². The number of carboxylic acid groups (broad SMARTS) is 1. The topological polar surface area (TPSA) is 87.1 Å². The second-order valence-corrected chi connectivity index (χ2v) is 4.92. The maximum Gasteiger partial charge on any atom is 0.320 e. The Balaban J connectivity index is 2.53. The average molecular weight is 280 g/mol. The van der Waals surface area contributed by atoms with Crippen molar-refractivity contribution >= 4 is 11.9 Å². The smallest absolute Gasteiger partial charge is 0.320 e. The lowest BCUT2D eigenvalue weighted by Gasteiger charge is -2.20. The normalized spacial score (nSPS) is 13.8. The van der Waals surface area contributed by atoms with Gasteiger partial charge in [-0.25, -0.2) is 9.97 Å². The van der Waals surface area contributed by atoms with Gasteiger partial charge >= 0.3 is 5.97 Å². The fraction of sp³-hybridized carbons (Fsp3) is 0.643. The van der Waals surface area contributed by atoms with Crippen LogP contribution in [0.5, 0.6) is 0 Å². The number of hydrogen-bond donors (Lipinski definition) is 3. The maximum atomic E-state index is 11.2. The highest BCUT2D eigenvalue weighted by atomic mass is 16.4. The van der Waals surface area contributed by atoms with Crippen molar-refractivity contribution in [3.05, 3.63) is 18.0 Å². The minimum Gasteiger partial charge on any atom is -0.480 e. The Labute approximate surface area is 120 Å². The van der Waals surface area contributed by atoms with E-state index in [2.05, 4.69) is 27.5 Å². The summed E-state index contributed by atoms with van der Waals surface area (Å²) in [5.74, 6) is -0.132. The zero-order valence-corrected chi connectivity index (χ0v) is 12.4. The van der Waals surface area contributed by atoms with E-state index in [0.717, 1.165) is 24.9 Å². The van der Waals surface area contributed by atoms with Crippen LogP contribution in [0.1, 0.15) is 39.2 Å². The third-order valence-corrected chi connectivity index (χ3v) is 3.24. The van der Waals surface area contributed by atoms with Crippen LogP contribution in [0.15, 0.2) is 12.4 Å². The molecule has 0 saturated carbocycles. The van der Waals surface area contributed by atoms with Crippen LogP contribution in [0.2, 0.25) is 0 Å². The molecule has 0 aliphatic heterocycles. The standard InChI is InChI=1S/C14H24N4O2/c1-4-6-15-14-17-8-11(9-18-14)7-16-12(13(19)20)10(3)5-2/h8-10,12,16H,4-7H2,1-3H3,(H,19,20)(H,15,17,18)/t10-,12+/m0/s1. The van der Waals surface area contributed by atoms with Crippen LogP contribution in [0.25, 0.3) is 0 Å². The monoisotopic (exact) mass is 280 g/mol. The van der Waals surface area contributed by atoms with Gasteiger partial charge in [0.15, 0.2) is 0 Å². The second-order valence-electron chi connectivity index (χ2n) is 4.92.